The summed E-state index contributed by atoms with van der Waals surface area (Å²) in [5.41, 5.74) is 1.00. The molecule has 0 bridgehead atoms. The number of hydrogen-bond donors (Lipinski definition) is 1. The quantitative estimate of drug-likeness (QED) is 0.912. The van der Waals surface area contributed by atoms with Crippen molar-refractivity contribution in [3.8, 4) is 0 Å². The standard InChI is InChI=1S/C17H26F2N2/c1-12-9-16(19)14(10-15(12)18)13(2)20-11-17(3)5-7-21(4)8-6-17/h9-10,13,20H,5-8,11H2,1-4H3. The van der Waals surface area contributed by atoms with Crippen LogP contribution in [0, 0.1) is 24.0 Å². The first-order chi connectivity index (χ1) is 9.81. The molecule has 1 atom stereocenters. The van der Waals surface area contributed by atoms with E-state index in [1.54, 1.807) is 6.92 Å². The number of piperidine rings is 1. The smallest absolute Gasteiger partial charge is 0.128 e. The van der Waals surface area contributed by atoms with Crippen LogP contribution in [0.25, 0.3) is 0 Å². The molecule has 2 rings (SSSR count). The van der Waals surface area contributed by atoms with E-state index in [1.165, 1.54) is 12.1 Å². The third-order valence-electron chi connectivity index (χ3n) is 4.77. The van der Waals surface area contributed by atoms with Gasteiger partial charge in [0, 0.05) is 18.2 Å². The van der Waals surface area contributed by atoms with Crippen molar-refractivity contribution in [3.05, 3.63) is 34.9 Å². The summed E-state index contributed by atoms with van der Waals surface area (Å²) in [6.07, 6.45) is 2.27. The van der Waals surface area contributed by atoms with Crippen LogP contribution in [0.3, 0.4) is 0 Å². The van der Waals surface area contributed by atoms with E-state index in [0.29, 0.717) is 11.1 Å². The van der Waals surface area contributed by atoms with Gasteiger partial charge in [0.25, 0.3) is 0 Å². The summed E-state index contributed by atoms with van der Waals surface area (Å²) >= 11 is 0. The summed E-state index contributed by atoms with van der Waals surface area (Å²) in [6.45, 7) is 8.77. The lowest BCUT2D eigenvalue weighted by Crippen LogP contribution is -2.42. The largest absolute Gasteiger partial charge is 0.310 e. The fourth-order valence-corrected chi connectivity index (χ4v) is 2.84. The highest BCUT2D eigenvalue weighted by molar-refractivity contribution is 5.27. The predicted octanol–water partition coefficient (Wildman–Crippen LogP) is 3.66. The van der Waals surface area contributed by atoms with Gasteiger partial charge in [-0.1, -0.05) is 6.92 Å². The van der Waals surface area contributed by atoms with E-state index in [2.05, 4.69) is 24.2 Å². The third-order valence-corrected chi connectivity index (χ3v) is 4.77. The van der Waals surface area contributed by atoms with Crippen molar-refractivity contribution in [1.29, 1.82) is 0 Å². The average Bonchev–Trinajstić information content (AvgIpc) is 2.44. The molecule has 0 spiro atoms. The van der Waals surface area contributed by atoms with Gasteiger partial charge in [0.2, 0.25) is 0 Å². The Morgan fingerprint density at radius 1 is 1.24 bits per heavy atom. The van der Waals surface area contributed by atoms with Crippen molar-refractivity contribution in [2.45, 2.75) is 39.7 Å². The lowest BCUT2D eigenvalue weighted by Gasteiger charge is -2.38. The first kappa shape index (κ1) is 16.4. The van der Waals surface area contributed by atoms with E-state index in [-0.39, 0.29) is 23.1 Å². The average molecular weight is 296 g/mol. The van der Waals surface area contributed by atoms with E-state index < -0.39 is 0 Å². The molecule has 1 heterocycles. The van der Waals surface area contributed by atoms with E-state index in [0.717, 1.165) is 32.5 Å². The highest BCUT2D eigenvalue weighted by atomic mass is 19.1. The zero-order valence-corrected chi connectivity index (χ0v) is 13.5. The molecule has 0 amide bonds. The van der Waals surface area contributed by atoms with E-state index in [4.69, 9.17) is 0 Å². The highest BCUT2D eigenvalue weighted by Gasteiger charge is 2.29. The molecule has 118 valence electrons. The fraction of sp³-hybridized carbons (Fsp3) is 0.647. The van der Waals surface area contributed by atoms with Gasteiger partial charge < -0.3 is 10.2 Å². The topological polar surface area (TPSA) is 15.3 Å². The van der Waals surface area contributed by atoms with Crippen LogP contribution in [-0.4, -0.2) is 31.6 Å². The number of likely N-dealkylation sites (tertiary alicyclic amines) is 1. The van der Waals surface area contributed by atoms with E-state index in [1.807, 2.05) is 6.92 Å². The molecule has 0 radical (unpaired) electrons. The minimum Gasteiger partial charge on any atom is -0.310 e. The molecule has 0 aliphatic carbocycles. The minimum atomic E-state index is -0.342. The van der Waals surface area contributed by atoms with Gasteiger partial charge in [-0.2, -0.15) is 0 Å². The molecule has 1 saturated heterocycles. The highest BCUT2D eigenvalue weighted by Crippen LogP contribution is 2.30. The fourth-order valence-electron chi connectivity index (χ4n) is 2.84. The third kappa shape index (κ3) is 4.01. The maximum absolute atomic E-state index is 14.0. The van der Waals surface area contributed by atoms with Crippen molar-refractivity contribution in [1.82, 2.24) is 10.2 Å². The predicted molar refractivity (Wildman–Crippen MR) is 82.4 cm³/mol. The maximum Gasteiger partial charge on any atom is 0.128 e. The number of rotatable bonds is 4. The van der Waals surface area contributed by atoms with Crippen molar-refractivity contribution >= 4 is 0 Å². The van der Waals surface area contributed by atoms with Crippen molar-refractivity contribution in [3.63, 3.8) is 0 Å². The Bertz CT molecular complexity index is 494. The van der Waals surface area contributed by atoms with Crippen LogP contribution in [0.5, 0.6) is 0 Å². The van der Waals surface area contributed by atoms with Gasteiger partial charge in [0.05, 0.1) is 0 Å². The Morgan fingerprint density at radius 3 is 2.48 bits per heavy atom. The molecule has 0 saturated carbocycles. The van der Waals surface area contributed by atoms with Crippen LogP contribution in [-0.2, 0) is 0 Å². The Balaban J connectivity index is 1.99. The molecule has 2 nitrogen and oxygen atoms in total. The van der Waals surface area contributed by atoms with Crippen LogP contribution in [0.1, 0.15) is 43.9 Å². The van der Waals surface area contributed by atoms with Gasteiger partial charge in [0.1, 0.15) is 11.6 Å². The number of nitrogens with zero attached hydrogens (tertiary/aromatic N) is 1. The van der Waals surface area contributed by atoms with Crippen LogP contribution < -0.4 is 5.32 Å². The van der Waals surface area contributed by atoms with Gasteiger partial charge in [-0.3, -0.25) is 0 Å². The summed E-state index contributed by atoms with van der Waals surface area (Å²) in [7, 11) is 2.14. The summed E-state index contributed by atoms with van der Waals surface area (Å²) in [6, 6.07) is 2.41. The summed E-state index contributed by atoms with van der Waals surface area (Å²) in [5, 5.41) is 3.39. The Kier molecular flexibility index (Phi) is 4.99. The van der Waals surface area contributed by atoms with Crippen LogP contribution in [0.15, 0.2) is 12.1 Å². The number of hydrogen-bond acceptors (Lipinski definition) is 2. The lowest BCUT2D eigenvalue weighted by molar-refractivity contribution is 0.134. The molecule has 0 aromatic heterocycles. The second-order valence-electron chi connectivity index (χ2n) is 6.84. The van der Waals surface area contributed by atoms with E-state index in [9.17, 15) is 8.78 Å². The molecule has 1 aliphatic heterocycles. The van der Waals surface area contributed by atoms with Crippen molar-refractivity contribution in [2.75, 3.05) is 26.7 Å². The van der Waals surface area contributed by atoms with Gasteiger partial charge in [-0.15, -0.1) is 0 Å². The monoisotopic (exact) mass is 296 g/mol. The molecule has 4 heteroatoms. The van der Waals surface area contributed by atoms with Gasteiger partial charge in [-0.05, 0) is 69.9 Å². The summed E-state index contributed by atoms with van der Waals surface area (Å²) < 4.78 is 27.6. The van der Waals surface area contributed by atoms with Gasteiger partial charge in [0.15, 0.2) is 0 Å². The van der Waals surface area contributed by atoms with Crippen LogP contribution in [0.2, 0.25) is 0 Å². The van der Waals surface area contributed by atoms with Crippen molar-refractivity contribution < 1.29 is 8.78 Å². The normalized spacial score (nSPS) is 20.5. The molecule has 1 aromatic rings. The Hall–Kier alpha value is -1.00. The number of nitrogens with one attached hydrogen (secondary N) is 1. The van der Waals surface area contributed by atoms with Gasteiger partial charge in [-0.25, -0.2) is 8.78 Å². The molecular formula is C17H26F2N2. The number of aryl methyl sites for hydroxylation is 1. The molecular weight excluding hydrogens is 270 g/mol. The molecule has 1 aromatic carbocycles. The molecule has 1 fully saturated rings. The first-order valence-electron chi connectivity index (χ1n) is 7.68. The number of halogens is 2. The second kappa shape index (κ2) is 6.41. The molecule has 1 unspecified atom stereocenters. The number of benzene rings is 1. The molecule has 1 aliphatic rings. The molecule has 1 N–H and O–H groups in total. The lowest BCUT2D eigenvalue weighted by atomic mass is 9.80. The summed E-state index contributed by atoms with van der Waals surface area (Å²) in [4.78, 5) is 2.33. The Labute approximate surface area is 126 Å². The minimum absolute atomic E-state index is 0.184. The zero-order valence-electron chi connectivity index (χ0n) is 13.5. The zero-order chi connectivity index (χ0) is 15.6. The first-order valence-corrected chi connectivity index (χ1v) is 7.68. The second-order valence-corrected chi connectivity index (χ2v) is 6.84. The molecule has 21 heavy (non-hydrogen) atoms. The summed E-state index contributed by atoms with van der Waals surface area (Å²) in [5.74, 6) is -0.673. The SMILES string of the molecule is Cc1cc(F)c(C(C)NCC2(C)CCN(C)CC2)cc1F. The Morgan fingerprint density at radius 2 is 1.86 bits per heavy atom. The van der Waals surface area contributed by atoms with Crippen LogP contribution >= 0.6 is 0 Å². The van der Waals surface area contributed by atoms with Crippen molar-refractivity contribution in [2.24, 2.45) is 5.41 Å². The maximum atomic E-state index is 14.0. The van der Waals surface area contributed by atoms with Crippen LogP contribution in [0.4, 0.5) is 8.78 Å². The van der Waals surface area contributed by atoms with E-state index >= 15 is 0 Å². The van der Waals surface area contributed by atoms with Gasteiger partial charge >= 0.3 is 0 Å².